The summed E-state index contributed by atoms with van der Waals surface area (Å²) in [7, 11) is 0. The summed E-state index contributed by atoms with van der Waals surface area (Å²) in [4.78, 5) is 3.17. The van der Waals surface area contributed by atoms with Crippen LogP contribution in [0.4, 0.5) is 0 Å². The molecule has 2 aromatic rings. The van der Waals surface area contributed by atoms with Crippen molar-refractivity contribution >= 4 is 26.8 Å². The maximum atomic E-state index is 8.84. The maximum Gasteiger partial charge on any atom is 0.0472 e. The van der Waals surface area contributed by atoms with Crippen molar-refractivity contribution < 1.29 is 5.11 Å². The minimum Gasteiger partial charge on any atom is -0.396 e. The minimum absolute atomic E-state index is 0.194. The molecule has 15 heavy (non-hydrogen) atoms. The summed E-state index contributed by atoms with van der Waals surface area (Å²) in [6.45, 7) is 4.19. The van der Waals surface area contributed by atoms with Gasteiger partial charge in [0.05, 0.1) is 0 Å². The summed E-state index contributed by atoms with van der Waals surface area (Å²) in [6.07, 6.45) is 2.66. The second-order valence-corrected chi connectivity index (χ2v) is 3.89. The van der Waals surface area contributed by atoms with E-state index < -0.39 is 0 Å². The van der Waals surface area contributed by atoms with E-state index in [1.165, 1.54) is 10.9 Å². The van der Waals surface area contributed by atoms with Crippen molar-refractivity contribution in [2.45, 2.75) is 20.3 Å². The molecule has 0 bridgehead atoms. The van der Waals surface area contributed by atoms with Gasteiger partial charge < -0.3 is 10.1 Å². The van der Waals surface area contributed by atoms with Crippen LogP contribution in [0.25, 0.3) is 10.9 Å². The molecule has 3 heteroatoms. The van der Waals surface area contributed by atoms with Crippen LogP contribution >= 0.6 is 15.9 Å². The predicted molar refractivity (Wildman–Crippen MR) is 68.1 cm³/mol. The molecule has 0 radical (unpaired) electrons. The normalized spacial score (nSPS) is 9.87. The summed E-state index contributed by atoms with van der Waals surface area (Å²) in [6, 6.07) is 6.10. The van der Waals surface area contributed by atoms with E-state index in [1.54, 1.807) is 0 Å². The van der Waals surface area contributed by atoms with E-state index in [0.29, 0.717) is 6.42 Å². The number of aromatic nitrogens is 1. The predicted octanol–water partition coefficient (Wildman–Crippen LogP) is 3.49. The van der Waals surface area contributed by atoms with Crippen molar-refractivity contribution in [1.82, 2.24) is 4.98 Å². The molecule has 0 aliphatic heterocycles. The van der Waals surface area contributed by atoms with Gasteiger partial charge in [0.2, 0.25) is 0 Å². The number of nitrogens with one attached hydrogen (secondary N) is 1. The first-order chi connectivity index (χ1) is 7.31. The Kier molecular flexibility index (Phi) is 4.85. The van der Waals surface area contributed by atoms with Gasteiger partial charge in [0, 0.05) is 28.2 Å². The first kappa shape index (κ1) is 12.3. The molecule has 0 amide bonds. The third-order valence-electron chi connectivity index (χ3n) is 2.11. The van der Waals surface area contributed by atoms with Crippen molar-refractivity contribution in [2.24, 2.45) is 0 Å². The van der Waals surface area contributed by atoms with Crippen LogP contribution in [0.5, 0.6) is 0 Å². The second-order valence-electron chi connectivity index (χ2n) is 2.98. The lowest BCUT2D eigenvalue weighted by atomic mass is 10.1. The number of fused-ring (bicyclic) bond motifs is 1. The van der Waals surface area contributed by atoms with Crippen LogP contribution in [0.15, 0.2) is 28.9 Å². The summed E-state index contributed by atoms with van der Waals surface area (Å²) < 4.78 is 1.07. The monoisotopic (exact) mass is 269 g/mol. The molecule has 1 aromatic heterocycles. The third kappa shape index (κ3) is 2.83. The fraction of sp³-hybridized carbons (Fsp3) is 0.333. The van der Waals surface area contributed by atoms with Gasteiger partial charge in [-0.1, -0.05) is 29.8 Å². The largest absolute Gasteiger partial charge is 0.396 e. The van der Waals surface area contributed by atoms with Gasteiger partial charge in [-0.3, -0.25) is 0 Å². The molecule has 2 N–H and O–H groups in total. The first-order valence-electron chi connectivity index (χ1n) is 5.17. The number of hydrogen-bond donors (Lipinski definition) is 2. The molecule has 0 saturated heterocycles. The Hall–Kier alpha value is -0.800. The van der Waals surface area contributed by atoms with Crippen LogP contribution in [0, 0.1) is 0 Å². The number of rotatable bonds is 2. The highest BCUT2D eigenvalue weighted by atomic mass is 79.9. The fourth-order valence-corrected chi connectivity index (χ4v) is 1.84. The van der Waals surface area contributed by atoms with E-state index in [1.807, 2.05) is 32.2 Å². The smallest absolute Gasteiger partial charge is 0.0472 e. The molecule has 2 rings (SSSR count). The highest BCUT2D eigenvalue weighted by Gasteiger charge is 2.02. The molecular formula is C12H16BrNO. The zero-order valence-corrected chi connectivity index (χ0v) is 10.6. The Morgan fingerprint density at radius 1 is 1.33 bits per heavy atom. The van der Waals surface area contributed by atoms with E-state index >= 15 is 0 Å². The maximum absolute atomic E-state index is 8.84. The SMILES string of the molecule is CC.OCCc1c[nH]c2ccc(Br)cc12. The molecule has 1 heterocycles. The van der Waals surface area contributed by atoms with Gasteiger partial charge in [0.1, 0.15) is 0 Å². The third-order valence-corrected chi connectivity index (χ3v) is 2.60. The molecular weight excluding hydrogens is 254 g/mol. The Labute approximate surface area is 98.4 Å². The summed E-state index contributed by atoms with van der Waals surface area (Å²) in [5.41, 5.74) is 2.28. The van der Waals surface area contributed by atoms with Crippen LogP contribution in [-0.4, -0.2) is 16.7 Å². The molecule has 0 fully saturated rings. The van der Waals surface area contributed by atoms with Crippen molar-refractivity contribution in [3.05, 3.63) is 34.4 Å². The fourth-order valence-electron chi connectivity index (χ4n) is 1.48. The lowest BCUT2D eigenvalue weighted by molar-refractivity contribution is 0.300. The number of hydrogen-bond acceptors (Lipinski definition) is 1. The number of H-pyrrole nitrogens is 1. The van der Waals surface area contributed by atoms with Crippen molar-refractivity contribution in [3.8, 4) is 0 Å². The second kappa shape index (κ2) is 5.93. The van der Waals surface area contributed by atoms with E-state index in [4.69, 9.17) is 5.11 Å². The van der Waals surface area contributed by atoms with Gasteiger partial charge in [0.15, 0.2) is 0 Å². The molecule has 0 aliphatic rings. The number of aliphatic hydroxyl groups is 1. The Morgan fingerprint density at radius 3 is 2.73 bits per heavy atom. The Bertz CT molecular complexity index is 422. The van der Waals surface area contributed by atoms with E-state index in [9.17, 15) is 0 Å². The lowest BCUT2D eigenvalue weighted by Crippen LogP contribution is -1.87. The topological polar surface area (TPSA) is 36.0 Å². The van der Waals surface area contributed by atoms with E-state index in [2.05, 4.69) is 27.0 Å². The van der Waals surface area contributed by atoms with Gasteiger partial charge in [-0.25, -0.2) is 0 Å². The molecule has 0 saturated carbocycles. The summed E-state index contributed by atoms with van der Waals surface area (Å²) in [5, 5.41) is 10.0. The average Bonchev–Trinajstić information content (AvgIpc) is 2.65. The number of aliphatic hydroxyl groups excluding tert-OH is 1. The van der Waals surface area contributed by atoms with Gasteiger partial charge in [-0.15, -0.1) is 0 Å². The molecule has 0 atom stereocenters. The Balaban J connectivity index is 0.000000531. The highest BCUT2D eigenvalue weighted by Crippen LogP contribution is 2.22. The number of halogens is 1. The van der Waals surface area contributed by atoms with Gasteiger partial charge in [-0.2, -0.15) is 0 Å². The Morgan fingerprint density at radius 2 is 2.07 bits per heavy atom. The zero-order valence-electron chi connectivity index (χ0n) is 9.05. The quantitative estimate of drug-likeness (QED) is 0.861. The van der Waals surface area contributed by atoms with Crippen molar-refractivity contribution in [2.75, 3.05) is 6.61 Å². The molecule has 82 valence electrons. The van der Waals surface area contributed by atoms with Gasteiger partial charge in [0.25, 0.3) is 0 Å². The lowest BCUT2D eigenvalue weighted by Gasteiger charge is -1.95. The van der Waals surface area contributed by atoms with Crippen LogP contribution in [0.3, 0.4) is 0 Å². The standard InChI is InChI=1S/C10H10BrNO.C2H6/c11-8-1-2-10-9(5-8)7(3-4-13)6-12-10;1-2/h1-2,5-6,12-13H,3-4H2;1-2H3. The van der Waals surface area contributed by atoms with E-state index in [0.717, 1.165) is 9.99 Å². The van der Waals surface area contributed by atoms with Crippen LogP contribution in [0.2, 0.25) is 0 Å². The molecule has 1 aromatic carbocycles. The summed E-state index contributed by atoms with van der Waals surface area (Å²) >= 11 is 3.43. The van der Waals surface area contributed by atoms with Gasteiger partial charge in [-0.05, 0) is 30.2 Å². The van der Waals surface area contributed by atoms with Crippen molar-refractivity contribution in [3.63, 3.8) is 0 Å². The highest BCUT2D eigenvalue weighted by molar-refractivity contribution is 9.10. The average molecular weight is 270 g/mol. The number of aromatic amines is 1. The van der Waals surface area contributed by atoms with Gasteiger partial charge >= 0.3 is 0 Å². The van der Waals surface area contributed by atoms with Crippen LogP contribution in [-0.2, 0) is 6.42 Å². The van der Waals surface area contributed by atoms with E-state index in [-0.39, 0.29) is 6.61 Å². The molecule has 0 unspecified atom stereocenters. The molecule has 0 aliphatic carbocycles. The molecule has 0 spiro atoms. The minimum atomic E-state index is 0.194. The molecule has 2 nitrogen and oxygen atoms in total. The van der Waals surface area contributed by atoms with Crippen LogP contribution < -0.4 is 0 Å². The van der Waals surface area contributed by atoms with Crippen molar-refractivity contribution in [1.29, 1.82) is 0 Å². The van der Waals surface area contributed by atoms with Crippen LogP contribution in [0.1, 0.15) is 19.4 Å². The summed E-state index contributed by atoms with van der Waals surface area (Å²) in [5.74, 6) is 0. The number of benzene rings is 1. The zero-order chi connectivity index (χ0) is 11.3. The first-order valence-corrected chi connectivity index (χ1v) is 5.97.